The third-order valence-corrected chi connectivity index (χ3v) is 5.40. The topological polar surface area (TPSA) is 63.1 Å². The van der Waals surface area contributed by atoms with Gasteiger partial charge < -0.3 is 14.8 Å². The van der Waals surface area contributed by atoms with Gasteiger partial charge in [0, 0.05) is 19.0 Å². The van der Waals surface area contributed by atoms with E-state index in [-0.39, 0.29) is 11.9 Å². The highest BCUT2D eigenvalue weighted by atomic mass is 16.2. The van der Waals surface area contributed by atoms with E-state index in [1.807, 2.05) is 7.05 Å². The number of hydrogen-bond acceptors (Lipinski definition) is 4. The van der Waals surface area contributed by atoms with Crippen LogP contribution >= 0.6 is 0 Å². The van der Waals surface area contributed by atoms with Crippen molar-refractivity contribution >= 4 is 11.9 Å². The van der Waals surface area contributed by atoms with Gasteiger partial charge in [-0.05, 0) is 25.7 Å². The summed E-state index contributed by atoms with van der Waals surface area (Å²) in [6.07, 6.45) is 8.40. The molecule has 6 nitrogen and oxygen atoms in total. The molecule has 3 aliphatic rings. The number of aromatic nitrogens is 3. The predicted octanol–water partition coefficient (Wildman–Crippen LogP) is 1.33. The number of amides is 1. The number of nitrogens with one attached hydrogen (secondary N) is 1. The molecule has 2 unspecified atom stereocenters. The number of fused-ring (bicyclic) bond motifs is 1. The van der Waals surface area contributed by atoms with Gasteiger partial charge in [-0.1, -0.05) is 19.3 Å². The number of carbonyl (C=O) groups excluding carboxylic acids is 1. The smallest absolute Gasteiger partial charge is 0.239 e. The molecule has 0 radical (unpaired) electrons. The van der Waals surface area contributed by atoms with E-state index < -0.39 is 0 Å². The summed E-state index contributed by atoms with van der Waals surface area (Å²) in [6.45, 7) is 0.414. The van der Waals surface area contributed by atoms with Crippen LogP contribution in [0.3, 0.4) is 0 Å². The lowest BCUT2D eigenvalue weighted by Gasteiger charge is -2.44. The molecule has 1 aromatic heterocycles. The summed E-state index contributed by atoms with van der Waals surface area (Å²) in [4.78, 5) is 14.2. The molecule has 1 N–H and O–H groups in total. The fourth-order valence-corrected chi connectivity index (χ4v) is 4.00. The van der Waals surface area contributed by atoms with Gasteiger partial charge >= 0.3 is 0 Å². The van der Waals surface area contributed by atoms with Crippen molar-refractivity contribution in [3.8, 4) is 0 Å². The second-order valence-corrected chi connectivity index (χ2v) is 6.70. The summed E-state index contributed by atoms with van der Waals surface area (Å²) in [5.41, 5.74) is 0. The van der Waals surface area contributed by atoms with Gasteiger partial charge in [0.2, 0.25) is 11.9 Å². The maximum Gasteiger partial charge on any atom is 0.239 e. The predicted molar refractivity (Wildman–Crippen MR) is 79.1 cm³/mol. The molecular formula is C15H23N5O. The van der Waals surface area contributed by atoms with E-state index in [0.29, 0.717) is 18.5 Å². The van der Waals surface area contributed by atoms with Crippen LogP contribution in [0.25, 0.3) is 0 Å². The molecule has 21 heavy (non-hydrogen) atoms. The van der Waals surface area contributed by atoms with Crippen molar-refractivity contribution in [1.29, 1.82) is 0 Å². The van der Waals surface area contributed by atoms with E-state index in [1.54, 1.807) is 0 Å². The molecule has 1 aromatic rings. The maximum atomic E-state index is 12.0. The lowest BCUT2D eigenvalue weighted by molar-refractivity contribution is -0.122. The summed E-state index contributed by atoms with van der Waals surface area (Å²) in [6, 6.07) is 0.664. The third-order valence-electron chi connectivity index (χ3n) is 5.40. The SMILES string of the molecule is Cn1c(C2CCC2)nnc1N1CC(=O)NC2CCCCC21. The third kappa shape index (κ3) is 2.12. The first-order valence-corrected chi connectivity index (χ1v) is 8.19. The molecule has 3 fully saturated rings. The summed E-state index contributed by atoms with van der Waals surface area (Å²) in [7, 11) is 2.05. The number of carbonyl (C=O) groups is 1. The van der Waals surface area contributed by atoms with E-state index in [1.165, 1.54) is 32.1 Å². The van der Waals surface area contributed by atoms with Gasteiger partial charge in [-0.3, -0.25) is 4.79 Å². The number of piperazine rings is 1. The van der Waals surface area contributed by atoms with Gasteiger partial charge in [-0.25, -0.2) is 0 Å². The Bertz CT molecular complexity index is 550. The van der Waals surface area contributed by atoms with E-state index in [0.717, 1.165) is 24.6 Å². The first kappa shape index (κ1) is 13.1. The molecule has 114 valence electrons. The van der Waals surface area contributed by atoms with Gasteiger partial charge in [-0.15, -0.1) is 10.2 Å². The fraction of sp³-hybridized carbons (Fsp3) is 0.800. The van der Waals surface area contributed by atoms with Crippen LogP contribution in [0, 0.1) is 0 Å². The van der Waals surface area contributed by atoms with E-state index in [9.17, 15) is 4.79 Å². The highest BCUT2D eigenvalue weighted by Gasteiger charge is 2.39. The Morgan fingerprint density at radius 3 is 2.67 bits per heavy atom. The first-order chi connectivity index (χ1) is 10.2. The van der Waals surface area contributed by atoms with Crippen LogP contribution in [-0.4, -0.2) is 39.3 Å². The van der Waals surface area contributed by atoms with Gasteiger partial charge in [0.1, 0.15) is 12.4 Å². The molecule has 0 spiro atoms. The average Bonchev–Trinajstić information content (AvgIpc) is 2.78. The molecule has 2 heterocycles. The summed E-state index contributed by atoms with van der Waals surface area (Å²) in [5.74, 6) is 2.65. The van der Waals surface area contributed by atoms with Crippen LogP contribution in [0.1, 0.15) is 56.7 Å². The average molecular weight is 289 g/mol. The quantitative estimate of drug-likeness (QED) is 0.892. The number of hydrogen-bond donors (Lipinski definition) is 1. The Labute approximate surface area is 124 Å². The molecule has 1 saturated heterocycles. The minimum Gasteiger partial charge on any atom is -0.350 e. The van der Waals surface area contributed by atoms with Gasteiger partial charge in [0.15, 0.2) is 0 Å². The van der Waals surface area contributed by atoms with Crippen molar-refractivity contribution in [2.75, 3.05) is 11.4 Å². The van der Waals surface area contributed by atoms with Crippen molar-refractivity contribution < 1.29 is 4.79 Å². The van der Waals surface area contributed by atoms with Gasteiger partial charge in [0.25, 0.3) is 0 Å². The zero-order chi connectivity index (χ0) is 14.4. The molecule has 2 atom stereocenters. The van der Waals surface area contributed by atoms with Crippen molar-refractivity contribution in [1.82, 2.24) is 20.1 Å². The van der Waals surface area contributed by atoms with Crippen molar-refractivity contribution in [2.45, 2.75) is 62.9 Å². The van der Waals surface area contributed by atoms with Crippen LogP contribution in [0.15, 0.2) is 0 Å². The van der Waals surface area contributed by atoms with Crippen LogP contribution in [0.2, 0.25) is 0 Å². The first-order valence-electron chi connectivity index (χ1n) is 8.19. The lowest BCUT2D eigenvalue weighted by Crippen LogP contribution is -2.62. The summed E-state index contributed by atoms with van der Waals surface area (Å²) in [5, 5.41) is 12.0. The molecule has 0 aromatic carbocycles. The molecule has 2 saturated carbocycles. The number of anilines is 1. The highest BCUT2D eigenvalue weighted by Crippen LogP contribution is 2.37. The van der Waals surface area contributed by atoms with Crippen molar-refractivity contribution in [2.24, 2.45) is 7.05 Å². The molecule has 0 bridgehead atoms. The Kier molecular flexibility index (Phi) is 3.12. The van der Waals surface area contributed by atoms with Gasteiger partial charge in [0.05, 0.1) is 6.04 Å². The molecular weight excluding hydrogens is 266 g/mol. The monoisotopic (exact) mass is 289 g/mol. The van der Waals surface area contributed by atoms with Crippen molar-refractivity contribution in [3.63, 3.8) is 0 Å². The minimum atomic E-state index is 0.117. The number of rotatable bonds is 2. The zero-order valence-electron chi connectivity index (χ0n) is 12.6. The molecule has 2 aliphatic carbocycles. The summed E-state index contributed by atoms with van der Waals surface area (Å²) < 4.78 is 2.12. The van der Waals surface area contributed by atoms with Crippen LogP contribution < -0.4 is 10.2 Å². The second kappa shape index (κ2) is 5.00. The van der Waals surface area contributed by atoms with Crippen LogP contribution in [0.4, 0.5) is 5.95 Å². The van der Waals surface area contributed by atoms with E-state index in [4.69, 9.17) is 0 Å². The number of nitrogens with zero attached hydrogens (tertiary/aromatic N) is 4. The van der Waals surface area contributed by atoms with E-state index >= 15 is 0 Å². The molecule has 6 heteroatoms. The van der Waals surface area contributed by atoms with Crippen LogP contribution in [-0.2, 0) is 11.8 Å². The Hall–Kier alpha value is -1.59. The Morgan fingerprint density at radius 2 is 1.90 bits per heavy atom. The second-order valence-electron chi connectivity index (χ2n) is 6.70. The highest BCUT2D eigenvalue weighted by molar-refractivity contribution is 5.83. The fourth-order valence-electron chi connectivity index (χ4n) is 4.00. The van der Waals surface area contributed by atoms with Crippen LogP contribution in [0.5, 0.6) is 0 Å². The minimum absolute atomic E-state index is 0.117. The van der Waals surface area contributed by atoms with Gasteiger partial charge in [-0.2, -0.15) is 0 Å². The Morgan fingerprint density at radius 1 is 1.10 bits per heavy atom. The lowest BCUT2D eigenvalue weighted by atomic mass is 9.85. The summed E-state index contributed by atoms with van der Waals surface area (Å²) >= 11 is 0. The standard InChI is InChI=1S/C15H23N5O/c1-19-14(10-5-4-6-10)17-18-15(19)20-9-13(21)16-11-7-2-3-8-12(11)20/h10-12H,2-9H2,1H3,(H,16,21). The normalized spacial score (nSPS) is 29.8. The van der Waals surface area contributed by atoms with E-state index in [2.05, 4.69) is 25.0 Å². The van der Waals surface area contributed by atoms with Crippen molar-refractivity contribution in [3.05, 3.63) is 5.82 Å². The Balaban J connectivity index is 1.64. The largest absolute Gasteiger partial charge is 0.350 e. The molecule has 1 amide bonds. The molecule has 1 aliphatic heterocycles. The maximum absolute atomic E-state index is 12.0. The molecule has 4 rings (SSSR count). The zero-order valence-corrected chi connectivity index (χ0v) is 12.6.